The first-order valence-corrected chi connectivity index (χ1v) is 12.1. The average molecular weight is 458 g/mol. The molecule has 4 heterocycles. The van der Waals surface area contributed by atoms with Gasteiger partial charge in [0.05, 0.1) is 19.3 Å². The Labute approximate surface area is 193 Å². The number of hydrogen-bond donors (Lipinski definition) is 2. The number of nitrogens with one attached hydrogen (secondary N) is 2. The van der Waals surface area contributed by atoms with E-state index in [2.05, 4.69) is 17.2 Å². The summed E-state index contributed by atoms with van der Waals surface area (Å²) in [6, 6.07) is 3.27. The van der Waals surface area contributed by atoms with Crippen molar-refractivity contribution in [3.8, 4) is 0 Å². The molecule has 5 rings (SSSR count). The second kappa shape index (κ2) is 9.52. The molecule has 0 aliphatic carbocycles. The highest BCUT2D eigenvalue weighted by atomic mass is 19.1. The SMILES string of the molecule is C=C1CCC(N2Cc3c(ccc(C[C@H]4OCCC[C@@H]4N[C@H]4CCCOC4)c3F)C2=O)C(=O)N1. The van der Waals surface area contributed by atoms with Crippen LogP contribution in [0.15, 0.2) is 24.4 Å². The largest absolute Gasteiger partial charge is 0.380 e. The van der Waals surface area contributed by atoms with Crippen LogP contribution in [0.4, 0.5) is 4.39 Å². The van der Waals surface area contributed by atoms with Gasteiger partial charge in [-0.3, -0.25) is 9.59 Å². The molecule has 1 aromatic carbocycles. The Bertz CT molecular complexity index is 946. The van der Waals surface area contributed by atoms with E-state index in [0.717, 1.165) is 32.3 Å². The molecule has 7 nitrogen and oxygen atoms in total. The molecular weight excluding hydrogens is 425 g/mol. The fraction of sp³-hybridized carbons (Fsp3) is 0.600. The molecule has 0 radical (unpaired) electrons. The lowest BCUT2D eigenvalue weighted by Gasteiger charge is -2.36. The Balaban J connectivity index is 1.30. The summed E-state index contributed by atoms with van der Waals surface area (Å²) in [4.78, 5) is 26.9. The van der Waals surface area contributed by atoms with E-state index in [-0.39, 0.29) is 36.3 Å². The van der Waals surface area contributed by atoms with Gasteiger partial charge >= 0.3 is 0 Å². The minimum atomic E-state index is -0.591. The van der Waals surface area contributed by atoms with Crippen molar-refractivity contribution in [2.45, 2.75) is 75.7 Å². The molecule has 2 amide bonds. The van der Waals surface area contributed by atoms with Crippen molar-refractivity contribution in [1.82, 2.24) is 15.5 Å². The third-order valence-electron chi connectivity index (χ3n) is 7.31. The molecule has 8 heteroatoms. The van der Waals surface area contributed by atoms with Gasteiger partial charge in [-0.1, -0.05) is 12.6 Å². The highest BCUT2D eigenvalue weighted by Gasteiger charge is 2.40. The van der Waals surface area contributed by atoms with Crippen molar-refractivity contribution in [1.29, 1.82) is 0 Å². The molecule has 1 aromatic rings. The lowest BCUT2D eigenvalue weighted by molar-refractivity contribution is -0.126. The van der Waals surface area contributed by atoms with Crippen molar-refractivity contribution >= 4 is 11.8 Å². The fourth-order valence-corrected chi connectivity index (χ4v) is 5.51. The van der Waals surface area contributed by atoms with Gasteiger partial charge in [0.25, 0.3) is 5.91 Å². The predicted octanol–water partition coefficient (Wildman–Crippen LogP) is 2.43. The fourth-order valence-electron chi connectivity index (χ4n) is 5.51. The van der Waals surface area contributed by atoms with Crippen LogP contribution in [0.2, 0.25) is 0 Å². The molecule has 3 saturated heterocycles. The molecule has 178 valence electrons. The molecule has 3 fully saturated rings. The van der Waals surface area contributed by atoms with Crippen molar-refractivity contribution < 1.29 is 23.5 Å². The first-order chi connectivity index (χ1) is 16.0. The van der Waals surface area contributed by atoms with E-state index < -0.39 is 6.04 Å². The summed E-state index contributed by atoms with van der Waals surface area (Å²) in [5.74, 6) is -0.879. The van der Waals surface area contributed by atoms with Gasteiger partial charge in [0.1, 0.15) is 11.9 Å². The number of amides is 2. The summed E-state index contributed by atoms with van der Waals surface area (Å²) in [6.07, 6.45) is 5.54. The average Bonchev–Trinajstić information content (AvgIpc) is 3.14. The van der Waals surface area contributed by atoms with Crippen LogP contribution in [-0.4, -0.2) is 60.8 Å². The van der Waals surface area contributed by atoms with Crippen LogP contribution in [0.1, 0.15) is 60.0 Å². The molecule has 0 bridgehead atoms. The van der Waals surface area contributed by atoms with Gasteiger partial charge in [0.15, 0.2) is 0 Å². The summed E-state index contributed by atoms with van der Waals surface area (Å²) in [5, 5.41) is 6.40. The van der Waals surface area contributed by atoms with Crippen LogP contribution < -0.4 is 10.6 Å². The van der Waals surface area contributed by atoms with E-state index in [1.54, 1.807) is 12.1 Å². The first kappa shape index (κ1) is 22.5. The van der Waals surface area contributed by atoms with Gasteiger partial charge in [-0.15, -0.1) is 0 Å². The van der Waals surface area contributed by atoms with Crippen LogP contribution in [-0.2, 0) is 27.2 Å². The monoisotopic (exact) mass is 457 g/mol. The summed E-state index contributed by atoms with van der Waals surface area (Å²) < 4.78 is 27.3. The molecule has 4 aliphatic rings. The topological polar surface area (TPSA) is 79.9 Å². The molecule has 0 saturated carbocycles. The molecule has 4 aliphatic heterocycles. The first-order valence-electron chi connectivity index (χ1n) is 12.1. The number of carbonyl (C=O) groups excluding carboxylic acids is 2. The number of nitrogens with zero attached hydrogens (tertiary/aromatic N) is 1. The maximum Gasteiger partial charge on any atom is 0.255 e. The molecule has 4 atom stereocenters. The Morgan fingerprint density at radius 2 is 2.03 bits per heavy atom. The molecule has 2 N–H and O–H groups in total. The van der Waals surface area contributed by atoms with Crippen LogP contribution in [0.25, 0.3) is 0 Å². The van der Waals surface area contributed by atoms with Gasteiger partial charge in [-0.25, -0.2) is 4.39 Å². The van der Waals surface area contributed by atoms with E-state index in [9.17, 15) is 9.59 Å². The van der Waals surface area contributed by atoms with E-state index >= 15 is 4.39 Å². The predicted molar refractivity (Wildman–Crippen MR) is 120 cm³/mol. The van der Waals surface area contributed by atoms with E-state index in [4.69, 9.17) is 9.47 Å². The minimum absolute atomic E-state index is 0.116. The molecule has 0 aromatic heterocycles. The van der Waals surface area contributed by atoms with Crippen LogP contribution in [0.3, 0.4) is 0 Å². The number of hydrogen-bond acceptors (Lipinski definition) is 5. The van der Waals surface area contributed by atoms with Crippen molar-refractivity contribution in [2.24, 2.45) is 0 Å². The lowest BCUT2D eigenvalue weighted by Crippen LogP contribution is -2.51. The Hall–Kier alpha value is -2.29. The Morgan fingerprint density at radius 3 is 2.82 bits per heavy atom. The summed E-state index contributed by atoms with van der Waals surface area (Å²) in [7, 11) is 0. The zero-order chi connectivity index (χ0) is 22.9. The van der Waals surface area contributed by atoms with Crippen LogP contribution in [0.5, 0.6) is 0 Å². The third-order valence-corrected chi connectivity index (χ3v) is 7.31. The number of halogens is 1. The number of piperidine rings is 1. The van der Waals surface area contributed by atoms with Crippen LogP contribution in [0, 0.1) is 5.82 Å². The summed E-state index contributed by atoms with van der Waals surface area (Å²) in [5.41, 5.74) is 1.95. The van der Waals surface area contributed by atoms with Gasteiger partial charge in [-0.2, -0.15) is 0 Å². The van der Waals surface area contributed by atoms with Crippen molar-refractivity contribution in [3.05, 3.63) is 46.9 Å². The second-order valence-electron chi connectivity index (χ2n) is 9.59. The maximum absolute atomic E-state index is 15.6. The lowest BCUT2D eigenvalue weighted by atomic mass is 9.93. The number of fused-ring (bicyclic) bond motifs is 1. The molecule has 1 unspecified atom stereocenters. The highest BCUT2D eigenvalue weighted by molar-refractivity contribution is 6.01. The molecular formula is C25H32FN3O4. The van der Waals surface area contributed by atoms with E-state index in [0.29, 0.717) is 60.9 Å². The standard InChI is InChI=1S/C25H32FN3O4/c1-15-6-9-21(24(30)27-15)29-13-19-18(25(29)31)8-7-16(23(19)26)12-22-20(5-3-11-33-22)28-17-4-2-10-32-14-17/h7-8,17,20-22,28H,1-6,9-14H2,(H,27,30)/t17-,20-,21?,22+/m0/s1. The highest BCUT2D eigenvalue weighted by Crippen LogP contribution is 2.32. The zero-order valence-electron chi connectivity index (χ0n) is 18.9. The van der Waals surface area contributed by atoms with Crippen molar-refractivity contribution in [2.75, 3.05) is 19.8 Å². The Kier molecular flexibility index (Phi) is 6.49. The minimum Gasteiger partial charge on any atom is -0.380 e. The van der Waals surface area contributed by atoms with E-state index in [1.165, 1.54) is 4.90 Å². The molecule has 33 heavy (non-hydrogen) atoms. The number of ether oxygens (including phenoxy) is 2. The normalized spacial score (nSPS) is 30.3. The second-order valence-corrected chi connectivity index (χ2v) is 9.59. The number of rotatable bonds is 5. The van der Waals surface area contributed by atoms with Gasteiger partial charge in [-0.05, 0) is 50.2 Å². The maximum atomic E-state index is 15.6. The summed E-state index contributed by atoms with van der Waals surface area (Å²) >= 11 is 0. The zero-order valence-corrected chi connectivity index (χ0v) is 18.9. The smallest absolute Gasteiger partial charge is 0.255 e. The van der Waals surface area contributed by atoms with Gasteiger partial charge < -0.3 is 25.0 Å². The third kappa shape index (κ3) is 4.56. The van der Waals surface area contributed by atoms with Gasteiger partial charge in [0, 0.05) is 48.5 Å². The summed E-state index contributed by atoms with van der Waals surface area (Å²) in [6.45, 7) is 6.10. The van der Waals surface area contributed by atoms with Gasteiger partial charge in [0.2, 0.25) is 5.91 Å². The number of carbonyl (C=O) groups is 2. The number of benzene rings is 1. The van der Waals surface area contributed by atoms with Crippen LogP contribution >= 0.6 is 0 Å². The quantitative estimate of drug-likeness (QED) is 0.710. The number of allylic oxidation sites excluding steroid dienone is 1. The van der Waals surface area contributed by atoms with Crippen molar-refractivity contribution in [3.63, 3.8) is 0 Å². The Morgan fingerprint density at radius 1 is 1.18 bits per heavy atom. The molecule has 0 spiro atoms. The van der Waals surface area contributed by atoms with E-state index in [1.807, 2.05) is 0 Å².